The molecule has 2 aromatic heterocycles. The lowest BCUT2D eigenvalue weighted by Gasteiger charge is -2.08. The average Bonchev–Trinajstić information content (AvgIpc) is 3.70. The van der Waals surface area contributed by atoms with Crippen LogP contribution >= 0.6 is 0 Å². The minimum absolute atomic E-state index is 0.600. The second-order valence-corrected chi connectivity index (χ2v) is 9.39. The van der Waals surface area contributed by atoms with Crippen molar-refractivity contribution in [2.75, 3.05) is 0 Å². The van der Waals surface area contributed by atoms with Gasteiger partial charge in [-0.2, -0.15) is 15.5 Å². The van der Waals surface area contributed by atoms with Crippen molar-refractivity contribution in [3.63, 3.8) is 0 Å². The van der Waals surface area contributed by atoms with Crippen LogP contribution in [0.25, 0.3) is 38.5 Å². The number of aryl methyl sites for hydroxylation is 2. The van der Waals surface area contributed by atoms with Crippen LogP contribution in [0, 0.1) is 17.9 Å². The standard InChI is InChI=1S/C34H24N6/c1-36-34-23-31(15-17-33(34)26-10-6-3-7-11-26)40-21-19-29(38-40)13-12-28-18-20-39(37-28)30-14-16-32(27(22-30)24-35)25-8-4-2-5-9-25/h2-11,14-23H,12-13H2. The topological polar surface area (TPSA) is 63.8 Å². The third-order valence-electron chi connectivity index (χ3n) is 6.85. The molecule has 0 aliphatic carbocycles. The van der Waals surface area contributed by atoms with E-state index in [9.17, 15) is 5.26 Å². The van der Waals surface area contributed by atoms with Gasteiger partial charge in [0, 0.05) is 12.4 Å². The van der Waals surface area contributed by atoms with Crippen LogP contribution in [-0.4, -0.2) is 19.6 Å². The molecule has 6 aromatic rings. The maximum atomic E-state index is 9.74. The SMILES string of the molecule is [C-]#[N+]c1cc(-n2ccc(CCc3ccn(-c4ccc(-c5ccccc5)c(C#N)c4)n3)n2)ccc1-c1ccccc1. The molecule has 0 amide bonds. The van der Waals surface area contributed by atoms with E-state index in [0.29, 0.717) is 11.3 Å². The van der Waals surface area contributed by atoms with Gasteiger partial charge < -0.3 is 0 Å². The third-order valence-corrected chi connectivity index (χ3v) is 6.85. The lowest BCUT2D eigenvalue weighted by molar-refractivity contribution is 0.785. The van der Waals surface area contributed by atoms with Crippen LogP contribution in [0.5, 0.6) is 0 Å². The zero-order chi connectivity index (χ0) is 27.3. The van der Waals surface area contributed by atoms with Gasteiger partial charge in [0.05, 0.1) is 41.0 Å². The van der Waals surface area contributed by atoms with Gasteiger partial charge >= 0.3 is 0 Å². The molecule has 4 aromatic carbocycles. The summed E-state index contributed by atoms with van der Waals surface area (Å²) in [5, 5.41) is 19.2. The summed E-state index contributed by atoms with van der Waals surface area (Å²) in [7, 11) is 0. The summed E-state index contributed by atoms with van der Waals surface area (Å²) in [6.45, 7) is 7.67. The fourth-order valence-corrected chi connectivity index (χ4v) is 4.79. The Labute approximate surface area is 232 Å². The average molecular weight is 517 g/mol. The zero-order valence-electron chi connectivity index (χ0n) is 21.6. The Balaban J connectivity index is 1.15. The van der Waals surface area contributed by atoms with Gasteiger partial charge in [0.1, 0.15) is 0 Å². The van der Waals surface area contributed by atoms with Crippen LogP contribution < -0.4 is 0 Å². The second kappa shape index (κ2) is 10.9. The first kappa shape index (κ1) is 24.6. The molecule has 0 spiro atoms. The highest BCUT2D eigenvalue weighted by Crippen LogP contribution is 2.32. The Bertz CT molecular complexity index is 1730. The van der Waals surface area contributed by atoms with Crippen LogP contribution in [0.4, 0.5) is 5.69 Å². The molecule has 0 fully saturated rings. The molecule has 0 atom stereocenters. The van der Waals surface area contributed by atoms with Crippen molar-refractivity contribution >= 4 is 5.69 Å². The second-order valence-electron chi connectivity index (χ2n) is 9.39. The normalized spacial score (nSPS) is 10.7. The van der Waals surface area contributed by atoms with Crippen LogP contribution in [-0.2, 0) is 12.8 Å². The predicted molar refractivity (Wildman–Crippen MR) is 156 cm³/mol. The van der Waals surface area contributed by atoms with Gasteiger partial charge in [0.15, 0.2) is 5.69 Å². The summed E-state index contributed by atoms with van der Waals surface area (Å²) in [5.41, 5.74) is 8.68. The molecule has 190 valence electrons. The maximum absolute atomic E-state index is 9.74. The van der Waals surface area contributed by atoms with E-state index in [4.69, 9.17) is 16.8 Å². The molecule has 2 heterocycles. The van der Waals surface area contributed by atoms with E-state index in [1.54, 1.807) is 0 Å². The monoisotopic (exact) mass is 516 g/mol. The van der Waals surface area contributed by atoms with Crippen LogP contribution in [0.3, 0.4) is 0 Å². The number of rotatable bonds is 7. The summed E-state index contributed by atoms with van der Waals surface area (Å²) >= 11 is 0. The lowest BCUT2D eigenvalue weighted by Crippen LogP contribution is -2.00. The molecular formula is C34H24N6. The predicted octanol–water partition coefficient (Wildman–Crippen LogP) is 7.60. The van der Waals surface area contributed by atoms with Crippen molar-refractivity contribution in [3.8, 4) is 39.7 Å². The van der Waals surface area contributed by atoms with Crippen LogP contribution in [0.15, 0.2) is 122 Å². The van der Waals surface area contributed by atoms with Crippen molar-refractivity contribution in [2.45, 2.75) is 12.8 Å². The molecule has 0 saturated carbocycles. The van der Waals surface area contributed by atoms with Gasteiger partial charge in [0.2, 0.25) is 0 Å². The summed E-state index contributed by atoms with van der Waals surface area (Å²) in [6, 6.07) is 37.9. The molecule has 0 saturated heterocycles. The molecule has 6 rings (SSSR count). The fraction of sp³-hybridized carbons (Fsp3) is 0.0588. The number of aromatic nitrogens is 4. The van der Waals surface area contributed by atoms with Crippen molar-refractivity contribution in [2.24, 2.45) is 0 Å². The number of nitriles is 1. The minimum atomic E-state index is 0.600. The molecule has 6 nitrogen and oxygen atoms in total. The number of hydrogen-bond acceptors (Lipinski definition) is 3. The zero-order valence-corrected chi connectivity index (χ0v) is 21.6. The number of benzene rings is 4. The van der Waals surface area contributed by atoms with E-state index in [1.165, 1.54) is 0 Å². The molecular weight excluding hydrogens is 492 g/mol. The largest absolute Gasteiger partial charge is 0.242 e. The van der Waals surface area contributed by atoms with E-state index in [2.05, 4.69) is 10.9 Å². The molecule has 0 bridgehead atoms. The first-order valence-corrected chi connectivity index (χ1v) is 13.0. The van der Waals surface area contributed by atoms with Gasteiger partial charge in [-0.25, -0.2) is 14.2 Å². The van der Waals surface area contributed by atoms with Crippen molar-refractivity contribution in [3.05, 3.63) is 150 Å². The highest BCUT2D eigenvalue weighted by Gasteiger charge is 2.11. The van der Waals surface area contributed by atoms with Gasteiger partial charge in [-0.3, -0.25) is 0 Å². The van der Waals surface area contributed by atoms with Gasteiger partial charge in [-0.15, -0.1) is 0 Å². The van der Waals surface area contributed by atoms with Crippen LogP contribution in [0.2, 0.25) is 0 Å². The third kappa shape index (κ3) is 5.03. The highest BCUT2D eigenvalue weighted by molar-refractivity contribution is 5.80. The molecule has 0 unspecified atom stereocenters. The van der Waals surface area contributed by atoms with E-state index < -0.39 is 0 Å². The summed E-state index contributed by atoms with van der Waals surface area (Å²) in [5.74, 6) is 0. The van der Waals surface area contributed by atoms with E-state index in [1.807, 2.05) is 131 Å². The summed E-state index contributed by atoms with van der Waals surface area (Å²) in [6.07, 6.45) is 5.32. The minimum Gasteiger partial charge on any atom is -0.242 e. The first-order valence-electron chi connectivity index (χ1n) is 13.0. The Morgan fingerprint density at radius 1 is 0.650 bits per heavy atom. The van der Waals surface area contributed by atoms with Crippen molar-refractivity contribution in [1.29, 1.82) is 5.26 Å². The van der Waals surface area contributed by atoms with E-state index in [-0.39, 0.29) is 0 Å². The van der Waals surface area contributed by atoms with Gasteiger partial charge in [-0.05, 0) is 71.5 Å². The Hall–Kier alpha value is -5.72. The smallest absolute Gasteiger partial charge is 0.197 e. The Kier molecular flexibility index (Phi) is 6.74. The van der Waals surface area contributed by atoms with Gasteiger partial charge in [0.25, 0.3) is 0 Å². The molecule has 0 radical (unpaired) electrons. The van der Waals surface area contributed by atoms with Crippen molar-refractivity contribution < 1.29 is 0 Å². The summed E-state index contributed by atoms with van der Waals surface area (Å²) < 4.78 is 3.62. The molecule has 0 aliphatic rings. The highest BCUT2D eigenvalue weighted by atomic mass is 15.3. The molecule has 0 N–H and O–H groups in total. The Morgan fingerprint density at radius 2 is 1.18 bits per heavy atom. The Morgan fingerprint density at radius 3 is 1.73 bits per heavy atom. The lowest BCUT2D eigenvalue weighted by atomic mass is 10.00. The fourth-order valence-electron chi connectivity index (χ4n) is 4.79. The first-order chi connectivity index (χ1) is 19.7. The van der Waals surface area contributed by atoms with Crippen molar-refractivity contribution in [1.82, 2.24) is 19.6 Å². The molecule has 0 aliphatic heterocycles. The maximum Gasteiger partial charge on any atom is 0.197 e. The van der Waals surface area contributed by atoms with Crippen LogP contribution in [0.1, 0.15) is 17.0 Å². The quantitative estimate of drug-likeness (QED) is 0.205. The number of nitrogens with zero attached hydrogens (tertiary/aromatic N) is 6. The molecule has 40 heavy (non-hydrogen) atoms. The molecule has 6 heteroatoms. The number of hydrogen-bond donors (Lipinski definition) is 0. The van der Waals surface area contributed by atoms with E-state index >= 15 is 0 Å². The van der Waals surface area contributed by atoms with E-state index in [0.717, 1.165) is 57.9 Å². The van der Waals surface area contributed by atoms with Gasteiger partial charge in [-0.1, -0.05) is 72.8 Å². The summed E-state index contributed by atoms with van der Waals surface area (Å²) in [4.78, 5) is 3.75.